The maximum absolute atomic E-state index is 5.62. The van der Waals surface area contributed by atoms with E-state index in [0.29, 0.717) is 12.6 Å². The number of benzene rings is 1. The van der Waals surface area contributed by atoms with Crippen molar-refractivity contribution in [1.29, 1.82) is 0 Å². The van der Waals surface area contributed by atoms with Gasteiger partial charge in [0.05, 0.1) is 13.7 Å². The maximum atomic E-state index is 5.62. The van der Waals surface area contributed by atoms with Gasteiger partial charge < -0.3 is 20.1 Å². The van der Waals surface area contributed by atoms with Crippen LogP contribution in [0.1, 0.15) is 32.3 Å². The minimum absolute atomic E-state index is 0.594. The molecule has 1 aromatic rings. The number of nitrogens with one attached hydrogen (secondary N) is 2. The minimum atomic E-state index is 0.594. The summed E-state index contributed by atoms with van der Waals surface area (Å²) in [4.78, 5) is 4.27. The Hall–Kier alpha value is -1.91. The zero-order valence-corrected chi connectivity index (χ0v) is 14.7. The second-order valence-electron chi connectivity index (χ2n) is 5.98. The van der Waals surface area contributed by atoms with E-state index in [4.69, 9.17) is 9.47 Å². The van der Waals surface area contributed by atoms with Gasteiger partial charge in [-0.2, -0.15) is 0 Å². The Bertz CT molecular complexity index is 531. The predicted octanol–water partition coefficient (Wildman–Crippen LogP) is 2.60. The van der Waals surface area contributed by atoms with Gasteiger partial charge in [-0.1, -0.05) is 13.0 Å². The lowest BCUT2D eigenvalue weighted by atomic mass is 10.1. The molecule has 1 fully saturated rings. The standard InChI is InChI=1S/C18H29N3O2/c1-5-23-17-12-14(8-9-16(17)22-4)7-6-10-20-18(19-3)21-15-11-13(15)2/h8-9,12-13,15H,5-7,10-11H2,1-4H3,(H2,19,20,21). The first kappa shape index (κ1) is 17.4. The molecule has 0 amide bonds. The van der Waals surface area contributed by atoms with Crippen molar-refractivity contribution in [1.82, 2.24) is 10.6 Å². The van der Waals surface area contributed by atoms with Crippen LogP contribution in [0.15, 0.2) is 23.2 Å². The Morgan fingerprint density at radius 3 is 2.74 bits per heavy atom. The molecule has 0 spiro atoms. The molecule has 5 nitrogen and oxygen atoms in total. The van der Waals surface area contributed by atoms with E-state index in [-0.39, 0.29) is 0 Å². The first-order chi connectivity index (χ1) is 11.2. The number of hydrogen-bond donors (Lipinski definition) is 2. The van der Waals surface area contributed by atoms with Crippen molar-refractivity contribution in [2.24, 2.45) is 10.9 Å². The normalized spacial score (nSPS) is 20.1. The molecule has 1 aliphatic rings. The van der Waals surface area contributed by atoms with E-state index in [1.807, 2.05) is 20.0 Å². The van der Waals surface area contributed by atoms with Gasteiger partial charge in [-0.3, -0.25) is 4.99 Å². The summed E-state index contributed by atoms with van der Waals surface area (Å²) in [7, 11) is 3.49. The van der Waals surface area contributed by atoms with E-state index >= 15 is 0 Å². The van der Waals surface area contributed by atoms with E-state index < -0.39 is 0 Å². The van der Waals surface area contributed by atoms with Gasteiger partial charge >= 0.3 is 0 Å². The zero-order chi connectivity index (χ0) is 16.7. The van der Waals surface area contributed by atoms with Crippen LogP contribution in [-0.4, -0.2) is 39.3 Å². The van der Waals surface area contributed by atoms with Crippen LogP contribution in [0.3, 0.4) is 0 Å². The Labute approximate surface area is 139 Å². The largest absolute Gasteiger partial charge is 0.493 e. The van der Waals surface area contributed by atoms with Gasteiger partial charge in [-0.25, -0.2) is 0 Å². The maximum Gasteiger partial charge on any atom is 0.191 e. The summed E-state index contributed by atoms with van der Waals surface area (Å²) in [5, 5.41) is 6.81. The number of guanidine groups is 1. The second kappa shape index (κ2) is 8.65. The monoisotopic (exact) mass is 319 g/mol. The predicted molar refractivity (Wildman–Crippen MR) is 94.6 cm³/mol. The van der Waals surface area contributed by atoms with Crippen molar-refractivity contribution < 1.29 is 9.47 Å². The molecule has 0 bridgehead atoms. The van der Waals surface area contributed by atoms with Gasteiger partial charge in [0.25, 0.3) is 0 Å². The number of hydrogen-bond acceptors (Lipinski definition) is 3. The Morgan fingerprint density at radius 1 is 1.35 bits per heavy atom. The molecular formula is C18H29N3O2. The third-order valence-electron chi connectivity index (χ3n) is 4.12. The van der Waals surface area contributed by atoms with Crippen LogP contribution in [0, 0.1) is 5.92 Å². The van der Waals surface area contributed by atoms with E-state index in [2.05, 4.69) is 34.7 Å². The SMILES string of the molecule is CCOc1cc(CCCNC(=NC)NC2CC2C)ccc1OC. The van der Waals surface area contributed by atoms with Gasteiger partial charge in [0, 0.05) is 19.6 Å². The van der Waals surface area contributed by atoms with Crippen molar-refractivity contribution >= 4 is 5.96 Å². The summed E-state index contributed by atoms with van der Waals surface area (Å²) >= 11 is 0. The molecule has 2 N–H and O–H groups in total. The third kappa shape index (κ3) is 5.34. The quantitative estimate of drug-likeness (QED) is 0.439. The van der Waals surface area contributed by atoms with Gasteiger partial charge in [0.2, 0.25) is 0 Å². The molecule has 0 heterocycles. The Kier molecular flexibility index (Phi) is 6.56. The molecule has 0 radical (unpaired) electrons. The highest BCUT2D eigenvalue weighted by atomic mass is 16.5. The van der Waals surface area contributed by atoms with Gasteiger partial charge in [0.1, 0.15) is 0 Å². The van der Waals surface area contributed by atoms with E-state index in [1.165, 1.54) is 12.0 Å². The fraction of sp³-hybridized carbons (Fsp3) is 0.611. The summed E-state index contributed by atoms with van der Waals surface area (Å²) < 4.78 is 10.9. The highest BCUT2D eigenvalue weighted by molar-refractivity contribution is 5.80. The van der Waals surface area contributed by atoms with Crippen molar-refractivity contribution in [3.8, 4) is 11.5 Å². The molecular weight excluding hydrogens is 290 g/mol. The second-order valence-corrected chi connectivity index (χ2v) is 5.98. The van der Waals surface area contributed by atoms with Crippen LogP contribution >= 0.6 is 0 Å². The molecule has 5 heteroatoms. The summed E-state index contributed by atoms with van der Waals surface area (Å²) in [6, 6.07) is 6.74. The van der Waals surface area contributed by atoms with Crippen LogP contribution in [-0.2, 0) is 6.42 Å². The fourth-order valence-corrected chi connectivity index (χ4v) is 2.54. The molecule has 23 heavy (non-hydrogen) atoms. The van der Waals surface area contributed by atoms with Crippen LogP contribution in [0.5, 0.6) is 11.5 Å². The molecule has 2 rings (SSSR count). The molecule has 128 valence electrons. The van der Waals surface area contributed by atoms with Crippen LogP contribution in [0.4, 0.5) is 0 Å². The topological polar surface area (TPSA) is 54.9 Å². The Balaban J connectivity index is 1.76. The van der Waals surface area contributed by atoms with Crippen LogP contribution in [0.25, 0.3) is 0 Å². The smallest absolute Gasteiger partial charge is 0.191 e. The number of methoxy groups -OCH3 is 1. The van der Waals surface area contributed by atoms with Crippen molar-refractivity contribution in [3.63, 3.8) is 0 Å². The number of nitrogens with zero attached hydrogens (tertiary/aromatic N) is 1. The van der Waals surface area contributed by atoms with Gasteiger partial charge in [-0.15, -0.1) is 0 Å². The molecule has 0 aromatic heterocycles. The number of aliphatic imine (C=N–C) groups is 1. The summed E-state index contributed by atoms with van der Waals surface area (Å²) in [6.07, 6.45) is 3.28. The van der Waals surface area contributed by atoms with E-state index in [0.717, 1.165) is 42.8 Å². The number of rotatable bonds is 8. The molecule has 1 aromatic carbocycles. The lowest BCUT2D eigenvalue weighted by Crippen LogP contribution is -2.39. The lowest BCUT2D eigenvalue weighted by molar-refractivity contribution is 0.310. The molecule has 0 aliphatic heterocycles. The van der Waals surface area contributed by atoms with Gasteiger partial charge in [-0.05, 0) is 49.8 Å². The molecule has 2 atom stereocenters. The summed E-state index contributed by atoms with van der Waals surface area (Å²) in [5.74, 6) is 3.28. The molecule has 0 saturated heterocycles. The average Bonchev–Trinajstić information content (AvgIpc) is 3.26. The van der Waals surface area contributed by atoms with Crippen molar-refractivity contribution in [2.75, 3.05) is 27.3 Å². The minimum Gasteiger partial charge on any atom is -0.493 e. The van der Waals surface area contributed by atoms with Crippen LogP contribution < -0.4 is 20.1 Å². The van der Waals surface area contributed by atoms with Crippen molar-refractivity contribution in [2.45, 2.75) is 39.2 Å². The fourth-order valence-electron chi connectivity index (χ4n) is 2.54. The molecule has 1 aliphatic carbocycles. The first-order valence-electron chi connectivity index (χ1n) is 8.44. The van der Waals surface area contributed by atoms with E-state index in [9.17, 15) is 0 Å². The lowest BCUT2D eigenvalue weighted by Gasteiger charge is -2.13. The van der Waals surface area contributed by atoms with Crippen molar-refractivity contribution in [3.05, 3.63) is 23.8 Å². The van der Waals surface area contributed by atoms with Crippen LogP contribution in [0.2, 0.25) is 0 Å². The number of ether oxygens (including phenoxy) is 2. The number of aryl methyl sites for hydroxylation is 1. The average molecular weight is 319 g/mol. The molecule has 1 saturated carbocycles. The highest BCUT2D eigenvalue weighted by Gasteiger charge is 2.33. The highest BCUT2D eigenvalue weighted by Crippen LogP contribution is 2.29. The summed E-state index contributed by atoms with van der Waals surface area (Å²) in [5.41, 5.74) is 1.26. The zero-order valence-electron chi connectivity index (χ0n) is 14.7. The molecule has 2 unspecified atom stereocenters. The summed E-state index contributed by atoms with van der Waals surface area (Å²) in [6.45, 7) is 5.78. The first-order valence-corrected chi connectivity index (χ1v) is 8.44. The van der Waals surface area contributed by atoms with E-state index in [1.54, 1.807) is 7.11 Å². The van der Waals surface area contributed by atoms with Gasteiger partial charge in [0.15, 0.2) is 17.5 Å². The Morgan fingerprint density at radius 2 is 2.13 bits per heavy atom. The third-order valence-corrected chi connectivity index (χ3v) is 4.12.